The van der Waals surface area contributed by atoms with Crippen molar-refractivity contribution in [2.75, 3.05) is 17.8 Å². The lowest BCUT2D eigenvalue weighted by atomic mass is 9.63. The highest BCUT2D eigenvalue weighted by Crippen LogP contribution is 2.31. The molecule has 0 spiro atoms. The van der Waals surface area contributed by atoms with E-state index in [0.29, 0.717) is 18.4 Å². The predicted octanol–water partition coefficient (Wildman–Crippen LogP) is 2.59. The minimum absolute atomic E-state index is 0.00739. The van der Waals surface area contributed by atoms with Gasteiger partial charge in [0.25, 0.3) is 5.91 Å². The quantitative estimate of drug-likeness (QED) is 0.119. The Morgan fingerprint density at radius 2 is 1.74 bits per heavy atom. The molecule has 3 aromatic carbocycles. The second-order valence-corrected chi connectivity index (χ2v) is 15.2. The monoisotopic (exact) mass is 754 g/mol. The van der Waals surface area contributed by atoms with Gasteiger partial charge in [-0.15, -0.1) is 0 Å². The Balaban J connectivity index is 0.995. The van der Waals surface area contributed by atoms with Gasteiger partial charge in [0.1, 0.15) is 23.7 Å². The summed E-state index contributed by atoms with van der Waals surface area (Å²) in [5.74, 6) is -4.68. The number of hydrogen-bond donors (Lipinski definition) is 3. The maximum absolute atomic E-state index is 15.7. The molecule has 54 heavy (non-hydrogen) atoms. The molecule has 3 N–H and O–H groups in total. The number of piperidine rings is 1. The number of rotatable bonds is 9. The van der Waals surface area contributed by atoms with Gasteiger partial charge in [0, 0.05) is 60.5 Å². The summed E-state index contributed by atoms with van der Waals surface area (Å²) in [6, 6.07) is 15.8. The third-order valence-corrected chi connectivity index (χ3v) is 11.5. The standard InChI is InChI=1S/C37H30BF3N6O6S/c39-24-11-12-46(18-24)54(52,53)45-29-8-7-28(40)32(33(29)41)34(49)27-16-43-35-26(27)14-20(15-42-35)19-1-3-22(4-2-19)38-23-5-6-25-21(13-23)17-47(37(25)51)30-9-10-31(48)44-36(30)50/h1-8,13-16,24,30,38,45H,9-12,17-18H2,(H,42,43)(H,44,48,50)/t24-,30?/m1/s1. The number of nitrogens with one attached hydrogen (secondary N) is 3. The molecule has 0 saturated carbocycles. The van der Waals surface area contributed by atoms with Crippen LogP contribution < -0.4 is 21.0 Å². The molecule has 12 nitrogen and oxygen atoms in total. The molecular formula is C37H30BF3N6O6S. The van der Waals surface area contributed by atoms with Gasteiger partial charge in [0.2, 0.25) is 17.6 Å². The summed E-state index contributed by atoms with van der Waals surface area (Å²) in [7, 11) is -3.81. The molecule has 274 valence electrons. The number of H-pyrrole nitrogens is 1. The number of pyridine rings is 1. The topological polar surface area (TPSA) is 162 Å². The SMILES string of the molecule is O=C1CCC(N2Cc3cc(Bc4ccc(-c5cnc6[nH]cc(C(=O)c7c(F)ccc(NS(=O)(=O)N8CC[C@@H](F)C8)c7F)c6c5)cc4)ccc3C2=O)C(=O)N1. The fraction of sp³-hybridized carbons (Fsp3) is 0.216. The number of carbonyl (C=O) groups excluding carboxylic acids is 4. The molecule has 5 heterocycles. The summed E-state index contributed by atoms with van der Waals surface area (Å²) < 4.78 is 72.7. The van der Waals surface area contributed by atoms with Crippen LogP contribution in [0.2, 0.25) is 0 Å². The van der Waals surface area contributed by atoms with Crippen molar-refractivity contribution in [3.05, 3.63) is 107 Å². The van der Waals surface area contributed by atoms with E-state index >= 15 is 8.78 Å². The number of alkyl halides is 1. The molecule has 3 aliphatic rings. The van der Waals surface area contributed by atoms with Crippen molar-refractivity contribution in [1.29, 1.82) is 0 Å². The molecule has 17 heteroatoms. The molecule has 2 saturated heterocycles. The average molecular weight is 755 g/mol. The number of nitrogens with zero attached hydrogens (tertiary/aromatic N) is 3. The molecule has 3 aliphatic heterocycles. The average Bonchev–Trinajstić information content (AvgIpc) is 3.87. The lowest BCUT2D eigenvalue weighted by Gasteiger charge is -2.29. The summed E-state index contributed by atoms with van der Waals surface area (Å²) >= 11 is 0. The van der Waals surface area contributed by atoms with Crippen LogP contribution in [0.25, 0.3) is 22.2 Å². The molecule has 0 bridgehead atoms. The molecule has 3 amide bonds. The van der Waals surface area contributed by atoms with Crippen molar-refractivity contribution in [2.24, 2.45) is 0 Å². The van der Waals surface area contributed by atoms with E-state index in [1.54, 1.807) is 18.3 Å². The molecule has 1 unspecified atom stereocenters. The molecule has 2 atom stereocenters. The van der Waals surface area contributed by atoms with E-state index in [1.165, 1.54) is 11.1 Å². The summed E-state index contributed by atoms with van der Waals surface area (Å²) in [6.45, 7) is -0.231. The molecule has 2 aromatic heterocycles. The van der Waals surface area contributed by atoms with E-state index in [9.17, 15) is 32.0 Å². The number of carbonyl (C=O) groups is 4. The first-order chi connectivity index (χ1) is 25.9. The van der Waals surface area contributed by atoms with E-state index in [-0.39, 0.29) is 60.8 Å². The Kier molecular flexibility index (Phi) is 8.85. The van der Waals surface area contributed by atoms with Crippen molar-refractivity contribution in [2.45, 2.75) is 38.0 Å². The van der Waals surface area contributed by atoms with E-state index < -0.39 is 63.5 Å². The van der Waals surface area contributed by atoms with Crippen molar-refractivity contribution >= 4 is 68.6 Å². The van der Waals surface area contributed by atoms with Crippen LogP contribution in [0.1, 0.15) is 51.1 Å². The molecule has 2 fully saturated rings. The van der Waals surface area contributed by atoms with Crippen molar-refractivity contribution in [1.82, 2.24) is 24.5 Å². The Morgan fingerprint density at radius 1 is 0.963 bits per heavy atom. The number of ketones is 1. The summed E-state index contributed by atoms with van der Waals surface area (Å²) in [4.78, 5) is 59.4. The van der Waals surface area contributed by atoms with Crippen LogP contribution in [0.3, 0.4) is 0 Å². The first-order valence-corrected chi connectivity index (χ1v) is 18.6. The predicted molar refractivity (Wildman–Crippen MR) is 194 cm³/mol. The molecule has 0 radical (unpaired) electrons. The molecule has 8 rings (SSSR count). The van der Waals surface area contributed by atoms with Crippen LogP contribution in [0.4, 0.5) is 18.9 Å². The van der Waals surface area contributed by atoms with Gasteiger partial charge < -0.3 is 9.88 Å². The van der Waals surface area contributed by atoms with Crippen molar-refractivity contribution < 1.29 is 40.8 Å². The molecular weight excluding hydrogens is 724 g/mol. The summed E-state index contributed by atoms with van der Waals surface area (Å²) in [6.07, 6.45) is 1.97. The maximum Gasteiger partial charge on any atom is 0.301 e. The zero-order chi connectivity index (χ0) is 37.9. The van der Waals surface area contributed by atoms with Crippen LogP contribution in [-0.4, -0.2) is 83.7 Å². The van der Waals surface area contributed by atoms with Gasteiger partial charge in [0.15, 0.2) is 13.1 Å². The zero-order valence-corrected chi connectivity index (χ0v) is 29.2. The summed E-state index contributed by atoms with van der Waals surface area (Å²) in [5.41, 5.74) is 3.22. The van der Waals surface area contributed by atoms with Gasteiger partial charge in [-0.3, -0.25) is 29.2 Å². The number of aromatic nitrogens is 2. The smallest absolute Gasteiger partial charge is 0.301 e. The third-order valence-electron chi connectivity index (χ3n) is 10.0. The molecule has 0 aliphatic carbocycles. The number of anilines is 1. The zero-order valence-electron chi connectivity index (χ0n) is 28.4. The number of hydrogen-bond acceptors (Lipinski definition) is 7. The minimum Gasteiger partial charge on any atom is -0.345 e. The third kappa shape index (κ3) is 6.42. The first kappa shape index (κ1) is 35.2. The number of halogens is 3. The van der Waals surface area contributed by atoms with E-state index in [0.717, 1.165) is 38.5 Å². The van der Waals surface area contributed by atoms with Gasteiger partial charge in [0.05, 0.1) is 11.3 Å². The maximum atomic E-state index is 15.7. The van der Waals surface area contributed by atoms with Gasteiger partial charge >= 0.3 is 10.2 Å². The van der Waals surface area contributed by atoms with E-state index in [1.807, 2.05) is 41.1 Å². The second-order valence-electron chi connectivity index (χ2n) is 13.6. The Bertz CT molecular complexity index is 2510. The van der Waals surface area contributed by atoms with Crippen LogP contribution in [0, 0.1) is 11.6 Å². The number of amides is 3. The van der Waals surface area contributed by atoms with E-state index in [2.05, 4.69) is 15.3 Å². The Labute approximate surface area is 307 Å². The number of fused-ring (bicyclic) bond motifs is 2. The second kappa shape index (κ2) is 13.6. The van der Waals surface area contributed by atoms with Crippen LogP contribution in [0.15, 0.2) is 73.1 Å². The van der Waals surface area contributed by atoms with Crippen LogP contribution in [-0.2, 0) is 26.3 Å². The highest BCUT2D eigenvalue weighted by molar-refractivity contribution is 7.90. The van der Waals surface area contributed by atoms with E-state index in [4.69, 9.17) is 0 Å². The van der Waals surface area contributed by atoms with Gasteiger partial charge in [-0.1, -0.05) is 47.3 Å². The normalized spacial score (nSPS) is 18.9. The van der Waals surface area contributed by atoms with Crippen molar-refractivity contribution in [3.8, 4) is 11.1 Å². The van der Waals surface area contributed by atoms with Gasteiger partial charge in [-0.2, -0.15) is 12.7 Å². The summed E-state index contributed by atoms with van der Waals surface area (Å²) in [5, 5.41) is 2.60. The lowest BCUT2D eigenvalue weighted by molar-refractivity contribution is -0.136. The van der Waals surface area contributed by atoms with Gasteiger partial charge in [-0.25, -0.2) is 18.2 Å². The Hall–Kier alpha value is -5.81. The fourth-order valence-electron chi connectivity index (χ4n) is 7.22. The van der Waals surface area contributed by atoms with Crippen molar-refractivity contribution in [3.63, 3.8) is 0 Å². The fourth-order valence-corrected chi connectivity index (χ4v) is 8.49. The molecule has 5 aromatic rings. The van der Waals surface area contributed by atoms with Crippen LogP contribution >= 0.6 is 0 Å². The lowest BCUT2D eigenvalue weighted by Crippen LogP contribution is -2.52. The number of imide groups is 1. The largest absolute Gasteiger partial charge is 0.345 e. The Morgan fingerprint density at radius 3 is 2.48 bits per heavy atom. The van der Waals surface area contributed by atoms with Crippen LogP contribution in [0.5, 0.6) is 0 Å². The number of benzene rings is 3. The minimum atomic E-state index is -4.36. The highest BCUT2D eigenvalue weighted by atomic mass is 32.2. The first-order valence-electron chi connectivity index (χ1n) is 17.1. The van der Waals surface area contributed by atoms with Gasteiger partial charge in [-0.05, 0) is 48.2 Å². The highest BCUT2D eigenvalue weighted by Gasteiger charge is 2.39. The number of aromatic amines is 1.